The smallest absolute Gasteiger partial charge is 0.319 e. The predicted octanol–water partition coefficient (Wildman–Crippen LogP) is 6.07. The number of aromatic hydroxyl groups is 1. The van der Waals surface area contributed by atoms with Crippen LogP contribution in [0.2, 0.25) is 0 Å². The van der Waals surface area contributed by atoms with Crippen molar-refractivity contribution in [3.63, 3.8) is 0 Å². The van der Waals surface area contributed by atoms with Crippen LogP contribution in [0.25, 0.3) is 32.9 Å². The van der Waals surface area contributed by atoms with Crippen molar-refractivity contribution < 1.29 is 18.6 Å². The van der Waals surface area contributed by atoms with Crippen molar-refractivity contribution in [1.82, 2.24) is 25.2 Å². The lowest BCUT2D eigenvalue weighted by molar-refractivity contribution is 0.0811. The second-order valence-corrected chi connectivity index (χ2v) is 14.3. The first-order chi connectivity index (χ1) is 22.3. The van der Waals surface area contributed by atoms with Crippen LogP contribution in [0.1, 0.15) is 63.9 Å². The van der Waals surface area contributed by atoms with E-state index in [0.29, 0.717) is 41.7 Å². The summed E-state index contributed by atoms with van der Waals surface area (Å²) in [6.45, 7) is 4.74. The van der Waals surface area contributed by atoms with Gasteiger partial charge in [-0.3, -0.25) is 9.88 Å². The number of aryl methyl sites for hydroxylation is 1. The lowest BCUT2D eigenvalue weighted by Crippen LogP contribution is -2.51. The van der Waals surface area contributed by atoms with E-state index in [1.807, 2.05) is 18.2 Å². The largest absolute Gasteiger partial charge is 0.508 e. The summed E-state index contributed by atoms with van der Waals surface area (Å²) in [5.41, 5.74) is 0.311. The van der Waals surface area contributed by atoms with Gasteiger partial charge in [0.25, 0.3) is 0 Å². The molecule has 2 aromatic carbocycles. The van der Waals surface area contributed by atoms with Gasteiger partial charge in [0, 0.05) is 49.4 Å². The molecule has 5 fully saturated rings. The average molecular weight is 627 g/mol. The number of nitrogens with one attached hydrogen (secondary N) is 1. The highest BCUT2D eigenvalue weighted by Crippen LogP contribution is 2.55. The van der Waals surface area contributed by atoms with Crippen LogP contribution in [-0.2, 0) is 6.42 Å². The number of ether oxygens (including phenoxy) is 1. The highest BCUT2D eigenvalue weighted by atomic mass is 19.1. The van der Waals surface area contributed by atoms with E-state index in [9.17, 15) is 5.11 Å². The Morgan fingerprint density at radius 1 is 1.09 bits per heavy atom. The Kier molecular flexibility index (Phi) is 6.49. The fraction of sp³-hybridized carbons (Fsp3) is 0.528. The molecule has 2 bridgehead atoms. The number of nitrogens with zero attached hydrogens (tertiary/aromatic N) is 5. The number of anilines is 1. The molecule has 0 amide bonds. The summed E-state index contributed by atoms with van der Waals surface area (Å²) in [4.78, 5) is 18.9. The maximum Gasteiger partial charge on any atom is 0.319 e. The number of fused-ring (bicyclic) bond motifs is 7. The minimum Gasteiger partial charge on any atom is -0.508 e. The van der Waals surface area contributed by atoms with E-state index in [2.05, 4.69) is 27.0 Å². The maximum atomic E-state index is 16.9. The van der Waals surface area contributed by atoms with Crippen molar-refractivity contribution in [3.8, 4) is 23.0 Å². The maximum absolute atomic E-state index is 16.9. The Balaban J connectivity index is 1.16. The number of rotatable bonds is 6. The van der Waals surface area contributed by atoms with Crippen LogP contribution in [-0.4, -0.2) is 80.5 Å². The summed E-state index contributed by atoms with van der Waals surface area (Å²) in [6, 6.07) is 9.96. The first-order valence-corrected chi connectivity index (χ1v) is 17.0. The number of phenolic OH excluding ortho intramolecular Hbond substituents is 1. The van der Waals surface area contributed by atoms with Gasteiger partial charge in [-0.15, -0.1) is 0 Å². The van der Waals surface area contributed by atoms with Crippen LogP contribution < -0.4 is 15.0 Å². The number of hydrogen-bond acceptors (Lipinski definition) is 8. The Morgan fingerprint density at radius 2 is 1.93 bits per heavy atom. The number of piperazine rings is 1. The second-order valence-electron chi connectivity index (χ2n) is 14.3. The third kappa shape index (κ3) is 4.32. The van der Waals surface area contributed by atoms with Crippen molar-refractivity contribution in [3.05, 3.63) is 47.9 Å². The second kappa shape index (κ2) is 10.4. The topological polar surface area (TPSA) is 86.6 Å². The lowest BCUT2D eigenvalue weighted by Gasteiger charge is -2.35. The van der Waals surface area contributed by atoms with E-state index in [4.69, 9.17) is 14.7 Å². The predicted molar refractivity (Wildman–Crippen MR) is 174 cm³/mol. The summed E-state index contributed by atoms with van der Waals surface area (Å²) in [5.74, 6) is 0.103. The Bertz CT molecular complexity index is 1860. The van der Waals surface area contributed by atoms with Gasteiger partial charge in [-0.1, -0.05) is 25.1 Å². The van der Waals surface area contributed by atoms with E-state index in [0.717, 1.165) is 80.9 Å². The fourth-order valence-electron chi connectivity index (χ4n) is 9.70. The van der Waals surface area contributed by atoms with E-state index >= 15 is 8.78 Å². The van der Waals surface area contributed by atoms with Gasteiger partial charge in [0.1, 0.15) is 35.1 Å². The molecule has 4 aliphatic heterocycles. The molecule has 2 unspecified atom stereocenters. The van der Waals surface area contributed by atoms with Gasteiger partial charge in [0.15, 0.2) is 5.82 Å². The van der Waals surface area contributed by atoms with Crippen molar-refractivity contribution >= 4 is 27.5 Å². The van der Waals surface area contributed by atoms with Crippen LogP contribution in [0.3, 0.4) is 0 Å². The molecule has 4 saturated heterocycles. The number of benzene rings is 2. The number of alkyl halides is 1. The molecule has 5 atom stereocenters. The van der Waals surface area contributed by atoms with Gasteiger partial charge in [0.2, 0.25) is 0 Å². The van der Waals surface area contributed by atoms with E-state index in [1.54, 1.807) is 18.3 Å². The van der Waals surface area contributed by atoms with Gasteiger partial charge in [-0.25, -0.2) is 8.78 Å². The minimum atomic E-state index is -1.16. The Morgan fingerprint density at radius 3 is 2.76 bits per heavy atom. The molecular weight excluding hydrogens is 586 g/mol. The number of phenols is 1. The number of aromatic nitrogens is 3. The standard InChI is InChI=1S/C36H40F2N6O2/c1-2-21-6-3-7-22-14-25(45)15-26(29(21)22)31-30(37)32-27(16-39-31)33(43-17-23-9-10-24(18-43)40-23)42-34(41-32)46-20-35-11-5-13-44(35)28-8-4-12-36(28,38)19-35/h3,6-7,14-16,23-24,28,40,45H,2,4-5,8-13,17-20H2,1H3/t23?,24?,28-,35+,36+/m0/s1. The van der Waals surface area contributed by atoms with Crippen LogP contribution in [0, 0.1) is 5.82 Å². The summed E-state index contributed by atoms with van der Waals surface area (Å²) in [5, 5.41) is 16.5. The molecule has 1 aliphatic carbocycles. The Labute approximate surface area is 267 Å². The molecule has 46 heavy (non-hydrogen) atoms. The number of pyridine rings is 1. The zero-order chi connectivity index (χ0) is 31.2. The minimum absolute atomic E-state index is 0.0424. The quantitative estimate of drug-likeness (QED) is 0.267. The van der Waals surface area contributed by atoms with E-state index in [1.165, 1.54) is 0 Å². The van der Waals surface area contributed by atoms with Gasteiger partial charge in [0.05, 0.1) is 10.9 Å². The summed E-state index contributed by atoms with van der Waals surface area (Å²) in [7, 11) is 0. The molecule has 2 N–H and O–H groups in total. The van der Waals surface area contributed by atoms with Crippen molar-refractivity contribution in [2.75, 3.05) is 31.1 Å². The molecule has 240 valence electrons. The van der Waals surface area contributed by atoms with Gasteiger partial charge < -0.3 is 20.1 Å². The van der Waals surface area contributed by atoms with E-state index in [-0.39, 0.29) is 41.2 Å². The molecule has 4 aromatic rings. The van der Waals surface area contributed by atoms with Gasteiger partial charge in [-0.05, 0) is 86.4 Å². The third-order valence-electron chi connectivity index (χ3n) is 11.6. The van der Waals surface area contributed by atoms with Crippen LogP contribution >= 0.6 is 0 Å². The lowest BCUT2D eigenvalue weighted by atomic mass is 9.88. The van der Waals surface area contributed by atoms with Gasteiger partial charge >= 0.3 is 6.01 Å². The van der Waals surface area contributed by atoms with Crippen molar-refractivity contribution in [2.45, 2.75) is 94.0 Å². The third-order valence-corrected chi connectivity index (χ3v) is 11.6. The van der Waals surface area contributed by atoms with Crippen LogP contribution in [0.5, 0.6) is 11.8 Å². The molecule has 2 aromatic heterocycles. The summed E-state index contributed by atoms with van der Waals surface area (Å²) < 4.78 is 39.4. The van der Waals surface area contributed by atoms with Gasteiger partial charge in [-0.2, -0.15) is 9.97 Å². The van der Waals surface area contributed by atoms with Crippen LogP contribution in [0.4, 0.5) is 14.6 Å². The molecule has 8 nitrogen and oxygen atoms in total. The first-order valence-electron chi connectivity index (χ1n) is 17.0. The monoisotopic (exact) mass is 626 g/mol. The molecule has 1 saturated carbocycles. The number of hydrogen-bond donors (Lipinski definition) is 2. The first kappa shape index (κ1) is 28.6. The van der Waals surface area contributed by atoms with E-state index < -0.39 is 11.5 Å². The van der Waals surface area contributed by atoms with Crippen molar-refractivity contribution in [2.24, 2.45) is 0 Å². The molecule has 0 radical (unpaired) electrons. The highest BCUT2D eigenvalue weighted by molar-refractivity contribution is 6.01. The molecule has 10 heteroatoms. The highest BCUT2D eigenvalue weighted by Gasteiger charge is 2.63. The summed E-state index contributed by atoms with van der Waals surface area (Å²) >= 11 is 0. The molecular formula is C36H40F2N6O2. The molecule has 6 heterocycles. The zero-order valence-electron chi connectivity index (χ0n) is 26.2. The summed E-state index contributed by atoms with van der Waals surface area (Å²) in [6.07, 6.45) is 9.42. The Hall–Kier alpha value is -3.63. The molecule has 9 rings (SSSR count). The molecule has 5 aliphatic rings. The normalized spacial score (nSPS) is 30.4. The van der Waals surface area contributed by atoms with Crippen molar-refractivity contribution in [1.29, 1.82) is 0 Å². The SMILES string of the molecule is CCc1cccc2cc(O)cc(-c3ncc4c(N5CC6CCC(C5)N6)nc(OC[C@]56CCCN5[C@H]5CCC[C@@]5(F)C6)nc4c3F)c12. The molecule has 0 spiro atoms. The fourth-order valence-corrected chi connectivity index (χ4v) is 9.70. The number of halogens is 2. The zero-order valence-corrected chi connectivity index (χ0v) is 26.2. The average Bonchev–Trinajstić information content (AvgIpc) is 3.78. The van der Waals surface area contributed by atoms with Crippen LogP contribution in [0.15, 0.2) is 36.5 Å².